The van der Waals surface area contributed by atoms with Gasteiger partial charge in [0.05, 0.1) is 0 Å². The molecule has 7 heteroatoms. The maximum Gasteiger partial charge on any atom is 0.257 e. The van der Waals surface area contributed by atoms with Crippen LogP contribution in [-0.4, -0.2) is 22.6 Å². The summed E-state index contributed by atoms with van der Waals surface area (Å²) in [7, 11) is 0. The van der Waals surface area contributed by atoms with Gasteiger partial charge in [-0.05, 0) is 37.0 Å². The van der Waals surface area contributed by atoms with E-state index in [4.69, 9.17) is 0 Å². The van der Waals surface area contributed by atoms with Crippen molar-refractivity contribution < 1.29 is 4.79 Å². The number of hydrogen-bond donors (Lipinski definition) is 2. The van der Waals surface area contributed by atoms with Crippen LogP contribution in [0, 0.1) is 0 Å². The molecular weight excluding hydrogens is 308 g/mol. The SMILES string of the molecule is CCc1nnc(NC(=O)c2cccc3c2CCCN3)s1.Cl. The summed E-state index contributed by atoms with van der Waals surface area (Å²) >= 11 is 1.42. The van der Waals surface area contributed by atoms with Gasteiger partial charge in [-0.2, -0.15) is 0 Å². The summed E-state index contributed by atoms with van der Waals surface area (Å²) in [6, 6.07) is 5.79. The molecule has 3 rings (SSSR count). The Kier molecular flexibility index (Phi) is 5.14. The number of carbonyl (C=O) groups excluding carboxylic acids is 1. The minimum absolute atomic E-state index is 0. The van der Waals surface area contributed by atoms with Gasteiger partial charge in [-0.3, -0.25) is 10.1 Å². The van der Waals surface area contributed by atoms with Crippen molar-refractivity contribution >= 4 is 40.5 Å². The molecule has 5 nitrogen and oxygen atoms in total. The van der Waals surface area contributed by atoms with Gasteiger partial charge in [0.1, 0.15) is 5.01 Å². The first-order valence-corrected chi connectivity index (χ1v) is 7.59. The highest BCUT2D eigenvalue weighted by atomic mass is 35.5. The lowest BCUT2D eigenvalue weighted by molar-refractivity contribution is 0.102. The van der Waals surface area contributed by atoms with E-state index in [9.17, 15) is 4.79 Å². The summed E-state index contributed by atoms with van der Waals surface area (Å²) in [6.07, 6.45) is 2.82. The molecule has 0 unspecified atom stereocenters. The fourth-order valence-electron chi connectivity index (χ4n) is 2.33. The van der Waals surface area contributed by atoms with Crippen LogP contribution in [0.2, 0.25) is 0 Å². The maximum absolute atomic E-state index is 12.4. The van der Waals surface area contributed by atoms with Crippen LogP contribution in [0.3, 0.4) is 0 Å². The lowest BCUT2D eigenvalue weighted by Gasteiger charge is -2.20. The molecule has 0 fully saturated rings. The van der Waals surface area contributed by atoms with Crippen LogP contribution in [0.5, 0.6) is 0 Å². The first-order chi connectivity index (χ1) is 9.78. The third kappa shape index (κ3) is 3.33. The topological polar surface area (TPSA) is 66.9 Å². The predicted octanol–water partition coefficient (Wildman–Crippen LogP) is 3.13. The van der Waals surface area contributed by atoms with Crippen LogP contribution in [0.25, 0.3) is 0 Å². The lowest BCUT2D eigenvalue weighted by atomic mass is 9.97. The number of aryl methyl sites for hydroxylation is 1. The number of rotatable bonds is 3. The zero-order valence-corrected chi connectivity index (χ0v) is 13.3. The van der Waals surface area contributed by atoms with Gasteiger partial charge in [0.2, 0.25) is 5.13 Å². The summed E-state index contributed by atoms with van der Waals surface area (Å²) in [5.74, 6) is -0.107. The number of amides is 1. The first-order valence-electron chi connectivity index (χ1n) is 6.77. The Labute approximate surface area is 133 Å². The Morgan fingerprint density at radius 1 is 1.43 bits per heavy atom. The Balaban J connectivity index is 0.00000161. The van der Waals surface area contributed by atoms with E-state index in [0.717, 1.165) is 47.6 Å². The fourth-order valence-corrected chi connectivity index (χ4v) is 3.01. The van der Waals surface area contributed by atoms with Gasteiger partial charge in [-0.1, -0.05) is 24.3 Å². The Morgan fingerprint density at radius 3 is 3.05 bits per heavy atom. The van der Waals surface area contributed by atoms with Crippen LogP contribution in [0.15, 0.2) is 18.2 Å². The average molecular weight is 325 g/mol. The van der Waals surface area contributed by atoms with E-state index in [1.54, 1.807) is 0 Å². The molecule has 0 radical (unpaired) electrons. The second-order valence-electron chi connectivity index (χ2n) is 4.67. The zero-order chi connectivity index (χ0) is 13.9. The molecule has 0 atom stereocenters. The van der Waals surface area contributed by atoms with Crippen molar-refractivity contribution in [2.75, 3.05) is 17.2 Å². The molecule has 0 spiro atoms. The number of carbonyl (C=O) groups is 1. The van der Waals surface area contributed by atoms with Gasteiger partial charge in [-0.15, -0.1) is 22.6 Å². The summed E-state index contributed by atoms with van der Waals surface area (Å²) in [6.45, 7) is 2.99. The van der Waals surface area contributed by atoms with E-state index in [0.29, 0.717) is 5.13 Å². The monoisotopic (exact) mass is 324 g/mol. The van der Waals surface area contributed by atoms with E-state index in [-0.39, 0.29) is 18.3 Å². The van der Waals surface area contributed by atoms with Gasteiger partial charge in [0.25, 0.3) is 5.91 Å². The second-order valence-corrected chi connectivity index (χ2v) is 5.73. The van der Waals surface area contributed by atoms with Crippen molar-refractivity contribution in [2.45, 2.75) is 26.2 Å². The van der Waals surface area contributed by atoms with Gasteiger partial charge in [-0.25, -0.2) is 0 Å². The molecule has 0 aliphatic carbocycles. The highest BCUT2D eigenvalue weighted by molar-refractivity contribution is 7.15. The minimum atomic E-state index is -0.107. The number of fused-ring (bicyclic) bond motifs is 1. The number of benzene rings is 1. The van der Waals surface area contributed by atoms with Gasteiger partial charge < -0.3 is 5.32 Å². The van der Waals surface area contributed by atoms with Gasteiger partial charge in [0, 0.05) is 17.8 Å². The minimum Gasteiger partial charge on any atom is -0.385 e. The molecule has 1 aromatic heterocycles. The summed E-state index contributed by atoms with van der Waals surface area (Å²) in [4.78, 5) is 12.4. The van der Waals surface area contributed by atoms with Gasteiger partial charge >= 0.3 is 0 Å². The molecule has 1 aliphatic rings. The highest BCUT2D eigenvalue weighted by Crippen LogP contribution is 2.26. The van der Waals surface area contributed by atoms with E-state index in [2.05, 4.69) is 20.8 Å². The zero-order valence-electron chi connectivity index (χ0n) is 11.7. The highest BCUT2D eigenvalue weighted by Gasteiger charge is 2.18. The van der Waals surface area contributed by atoms with Crippen molar-refractivity contribution in [1.29, 1.82) is 0 Å². The van der Waals surface area contributed by atoms with Crippen molar-refractivity contribution in [3.05, 3.63) is 34.3 Å². The average Bonchev–Trinajstić information content (AvgIpc) is 2.94. The van der Waals surface area contributed by atoms with Gasteiger partial charge in [0.15, 0.2) is 0 Å². The smallest absolute Gasteiger partial charge is 0.257 e. The van der Waals surface area contributed by atoms with E-state index >= 15 is 0 Å². The van der Waals surface area contributed by atoms with Crippen molar-refractivity contribution in [2.24, 2.45) is 0 Å². The Hall–Kier alpha value is -1.66. The Bertz CT molecular complexity index is 644. The fraction of sp³-hybridized carbons (Fsp3) is 0.357. The molecule has 0 saturated carbocycles. The summed E-state index contributed by atoms with van der Waals surface area (Å²) in [5.41, 5.74) is 2.88. The largest absolute Gasteiger partial charge is 0.385 e. The number of hydrogen-bond acceptors (Lipinski definition) is 5. The lowest BCUT2D eigenvalue weighted by Crippen LogP contribution is -2.19. The van der Waals surface area contributed by atoms with Crippen molar-refractivity contribution in [1.82, 2.24) is 10.2 Å². The number of anilines is 2. The maximum atomic E-state index is 12.4. The second kappa shape index (κ2) is 6.87. The van der Waals surface area contributed by atoms with Crippen LogP contribution < -0.4 is 10.6 Å². The van der Waals surface area contributed by atoms with E-state index in [1.807, 2.05) is 25.1 Å². The predicted molar refractivity (Wildman–Crippen MR) is 87.7 cm³/mol. The van der Waals surface area contributed by atoms with Crippen LogP contribution in [0.1, 0.15) is 34.3 Å². The molecule has 112 valence electrons. The molecule has 1 aliphatic heterocycles. The van der Waals surface area contributed by atoms with E-state index in [1.165, 1.54) is 11.3 Å². The molecule has 1 amide bonds. The molecule has 2 aromatic rings. The van der Waals surface area contributed by atoms with Crippen LogP contribution >= 0.6 is 23.7 Å². The molecule has 0 bridgehead atoms. The molecule has 0 saturated heterocycles. The van der Waals surface area contributed by atoms with Crippen LogP contribution in [0.4, 0.5) is 10.8 Å². The molecule has 2 heterocycles. The number of halogens is 1. The Morgan fingerprint density at radius 2 is 2.29 bits per heavy atom. The third-order valence-electron chi connectivity index (χ3n) is 3.33. The molecule has 21 heavy (non-hydrogen) atoms. The molecular formula is C14H17ClN4OS. The molecule has 2 N–H and O–H groups in total. The van der Waals surface area contributed by atoms with E-state index < -0.39 is 0 Å². The third-order valence-corrected chi connectivity index (χ3v) is 4.31. The summed E-state index contributed by atoms with van der Waals surface area (Å²) in [5, 5.41) is 15.7. The number of aromatic nitrogens is 2. The van der Waals surface area contributed by atoms with Crippen LogP contribution in [-0.2, 0) is 12.8 Å². The normalized spacial score (nSPS) is 12.8. The quantitative estimate of drug-likeness (QED) is 0.910. The summed E-state index contributed by atoms with van der Waals surface area (Å²) < 4.78 is 0. The first kappa shape index (κ1) is 15.7. The molecule has 1 aromatic carbocycles. The van der Waals surface area contributed by atoms with Crippen molar-refractivity contribution in [3.63, 3.8) is 0 Å². The number of nitrogens with zero attached hydrogens (tertiary/aromatic N) is 2. The van der Waals surface area contributed by atoms with Crippen molar-refractivity contribution in [3.8, 4) is 0 Å². The standard InChI is InChI=1S/C14H16N4OS.ClH/c1-2-12-17-18-14(20-12)16-13(19)10-5-3-7-11-9(10)6-4-8-15-11;/h3,5,7,15H,2,4,6,8H2,1H3,(H,16,18,19);1H. The number of nitrogens with one attached hydrogen (secondary N) is 2.